The third kappa shape index (κ3) is 4.07. The summed E-state index contributed by atoms with van der Waals surface area (Å²) < 4.78 is 11.3. The maximum Gasteiger partial charge on any atom is 0.255 e. The van der Waals surface area contributed by atoms with Crippen molar-refractivity contribution >= 4 is 17.7 Å². The van der Waals surface area contributed by atoms with Gasteiger partial charge in [-0.3, -0.25) is 4.79 Å². The van der Waals surface area contributed by atoms with E-state index in [9.17, 15) is 10.1 Å². The number of nitrogens with zero attached hydrogens (tertiary/aromatic N) is 2. The summed E-state index contributed by atoms with van der Waals surface area (Å²) in [6.45, 7) is 2.66. The van der Waals surface area contributed by atoms with Crippen LogP contribution in [0.1, 0.15) is 28.8 Å². The lowest BCUT2D eigenvalue weighted by Gasteiger charge is -2.35. The molecule has 5 nitrogen and oxygen atoms in total. The van der Waals surface area contributed by atoms with Crippen LogP contribution in [0.25, 0.3) is 0 Å². The highest BCUT2D eigenvalue weighted by Gasteiger charge is 2.33. The van der Waals surface area contributed by atoms with E-state index < -0.39 is 0 Å². The third-order valence-electron chi connectivity index (χ3n) is 5.12. The van der Waals surface area contributed by atoms with Gasteiger partial charge in [0.25, 0.3) is 5.91 Å². The fourth-order valence-corrected chi connectivity index (χ4v) is 4.75. The zero-order valence-electron chi connectivity index (χ0n) is 15.5. The van der Waals surface area contributed by atoms with Crippen LogP contribution in [0.3, 0.4) is 0 Å². The molecule has 2 heterocycles. The summed E-state index contributed by atoms with van der Waals surface area (Å²) in [6, 6.07) is 17.3. The van der Waals surface area contributed by atoms with Gasteiger partial charge in [0, 0.05) is 28.8 Å². The zero-order chi connectivity index (χ0) is 19.3. The van der Waals surface area contributed by atoms with Crippen molar-refractivity contribution in [2.24, 2.45) is 5.92 Å². The molecule has 2 fully saturated rings. The summed E-state index contributed by atoms with van der Waals surface area (Å²) in [5, 5.41) is 9.35. The number of piperidine rings is 1. The number of hydrogen-bond donors (Lipinski definition) is 0. The number of nitriles is 1. The van der Waals surface area contributed by atoms with Gasteiger partial charge in [0.2, 0.25) is 0 Å². The molecule has 28 heavy (non-hydrogen) atoms. The molecular formula is C22H22N2O3S. The van der Waals surface area contributed by atoms with Gasteiger partial charge in [0.1, 0.15) is 6.07 Å². The predicted molar refractivity (Wildman–Crippen MR) is 106 cm³/mol. The summed E-state index contributed by atoms with van der Waals surface area (Å²) in [4.78, 5) is 16.9. The predicted octanol–water partition coefficient (Wildman–Crippen LogP) is 3.93. The average molecular weight is 394 g/mol. The Morgan fingerprint density at radius 2 is 1.79 bits per heavy atom. The number of carbonyl (C=O) groups excluding carboxylic acids is 1. The van der Waals surface area contributed by atoms with Gasteiger partial charge in [0.15, 0.2) is 6.29 Å². The van der Waals surface area contributed by atoms with Gasteiger partial charge in [-0.15, -0.1) is 0 Å². The maximum absolute atomic E-state index is 13.3. The van der Waals surface area contributed by atoms with E-state index in [1.165, 1.54) is 11.8 Å². The molecule has 1 unspecified atom stereocenters. The highest BCUT2D eigenvalue weighted by Crippen LogP contribution is 2.34. The zero-order valence-corrected chi connectivity index (χ0v) is 16.4. The normalized spacial score (nSPS) is 20.1. The Hall–Kier alpha value is -2.33. The van der Waals surface area contributed by atoms with E-state index in [0.717, 1.165) is 29.2 Å². The fraction of sp³-hybridized carbons (Fsp3) is 0.364. The number of benzene rings is 2. The topological polar surface area (TPSA) is 62.6 Å². The van der Waals surface area contributed by atoms with Gasteiger partial charge in [-0.25, -0.2) is 0 Å². The molecule has 144 valence electrons. The number of amides is 1. The lowest BCUT2D eigenvalue weighted by Crippen LogP contribution is -2.44. The Bertz CT molecular complexity index is 889. The average Bonchev–Trinajstić information content (AvgIpc) is 3.29. The first-order valence-electron chi connectivity index (χ1n) is 9.55. The smallest absolute Gasteiger partial charge is 0.255 e. The third-order valence-corrected chi connectivity index (χ3v) is 6.27. The van der Waals surface area contributed by atoms with Crippen LogP contribution in [-0.2, 0) is 9.47 Å². The molecule has 0 N–H and O–H groups in total. The van der Waals surface area contributed by atoms with E-state index in [1.807, 2.05) is 47.4 Å². The van der Waals surface area contributed by atoms with Crippen LogP contribution in [0.15, 0.2) is 58.3 Å². The summed E-state index contributed by atoms with van der Waals surface area (Å²) in [5.41, 5.74) is 1.29. The second kappa shape index (κ2) is 8.78. The standard InChI is InChI=1S/C22H22N2O3S/c23-14-16-6-1-3-9-19(16)28-20-10-4-2-8-18(20)21(25)24-11-5-7-17(15-24)22-26-12-13-27-22/h1-4,6,8-10,17,22H,5,7,11-13,15H2. The lowest BCUT2D eigenvalue weighted by molar-refractivity contribution is -0.0969. The van der Waals surface area contributed by atoms with Gasteiger partial charge in [0.05, 0.1) is 24.3 Å². The van der Waals surface area contributed by atoms with Crippen LogP contribution < -0.4 is 0 Å². The summed E-state index contributed by atoms with van der Waals surface area (Å²) >= 11 is 1.46. The van der Waals surface area contributed by atoms with Crippen LogP contribution in [0.2, 0.25) is 0 Å². The molecule has 0 saturated carbocycles. The fourth-order valence-electron chi connectivity index (χ4n) is 3.73. The van der Waals surface area contributed by atoms with Crippen LogP contribution in [0.4, 0.5) is 0 Å². The SMILES string of the molecule is N#Cc1ccccc1Sc1ccccc1C(=O)N1CCCC(C2OCCO2)C1. The van der Waals surface area contributed by atoms with E-state index >= 15 is 0 Å². The molecule has 2 aliphatic rings. The first kappa shape index (κ1) is 19.0. The molecule has 2 aromatic carbocycles. The van der Waals surface area contributed by atoms with Gasteiger partial charge in [-0.1, -0.05) is 36.0 Å². The van der Waals surface area contributed by atoms with Crippen molar-refractivity contribution in [1.29, 1.82) is 5.26 Å². The molecule has 0 aliphatic carbocycles. The van der Waals surface area contributed by atoms with Crippen molar-refractivity contribution in [1.82, 2.24) is 4.90 Å². The Morgan fingerprint density at radius 3 is 2.57 bits per heavy atom. The first-order chi connectivity index (χ1) is 13.8. The number of rotatable bonds is 4. The Kier molecular flexibility index (Phi) is 5.96. The van der Waals surface area contributed by atoms with E-state index in [4.69, 9.17) is 9.47 Å². The number of ether oxygens (including phenoxy) is 2. The molecule has 2 aliphatic heterocycles. The molecule has 6 heteroatoms. The van der Waals surface area contributed by atoms with Crippen LogP contribution in [-0.4, -0.2) is 43.4 Å². The first-order valence-corrected chi connectivity index (χ1v) is 10.4. The van der Waals surface area contributed by atoms with E-state index in [0.29, 0.717) is 30.9 Å². The van der Waals surface area contributed by atoms with Gasteiger partial charge >= 0.3 is 0 Å². The van der Waals surface area contributed by atoms with Gasteiger partial charge in [-0.2, -0.15) is 5.26 Å². The Balaban J connectivity index is 1.54. The van der Waals surface area contributed by atoms with Gasteiger partial charge in [-0.05, 0) is 37.1 Å². The van der Waals surface area contributed by atoms with Crippen LogP contribution in [0.5, 0.6) is 0 Å². The van der Waals surface area contributed by atoms with Crippen molar-refractivity contribution in [3.8, 4) is 6.07 Å². The highest BCUT2D eigenvalue weighted by atomic mass is 32.2. The number of carbonyl (C=O) groups is 1. The van der Waals surface area contributed by atoms with Crippen LogP contribution in [0, 0.1) is 17.2 Å². The Morgan fingerprint density at radius 1 is 1.07 bits per heavy atom. The van der Waals surface area contributed by atoms with E-state index in [2.05, 4.69) is 6.07 Å². The number of hydrogen-bond acceptors (Lipinski definition) is 5. The molecule has 2 aromatic rings. The van der Waals surface area contributed by atoms with E-state index in [1.54, 1.807) is 6.07 Å². The highest BCUT2D eigenvalue weighted by molar-refractivity contribution is 7.99. The van der Waals surface area contributed by atoms with Crippen molar-refractivity contribution in [3.63, 3.8) is 0 Å². The molecule has 1 atom stereocenters. The molecular weight excluding hydrogens is 372 g/mol. The minimum atomic E-state index is -0.192. The minimum absolute atomic E-state index is 0.0280. The second-order valence-electron chi connectivity index (χ2n) is 6.97. The molecule has 0 spiro atoms. The van der Waals surface area contributed by atoms with Gasteiger partial charge < -0.3 is 14.4 Å². The Labute approximate surface area is 169 Å². The second-order valence-corrected chi connectivity index (χ2v) is 8.05. The number of likely N-dealkylation sites (tertiary alicyclic amines) is 1. The van der Waals surface area contributed by atoms with Crippen LogP contribution >= 0.6 is 11.8 Å². The van der Waals surface area contributed by atoms with Crippen molar-refractivity contribution in [2.75, 3.05) is 26.3 Å². The van der Waals surface area contributed by atoms with Crippen molar-refractivity contribution < 1.29 is 14.3 Å². The summed E-state index contributed by atoms with van der Waals surface area (Å²) in [7, 11) is 0. The largest absolute Gasteiger partial charge is 0.350 e. The monoisotopic (exact) mass is 394 g/mol. The maximum atomic E-state index is 13.3. The molecule has 0 bridgehead atoms. The molecule has 1 amide bonds. The molecule has 0 radical (unpaired) electrons. The van der Waals surface area contributed by atoms with Crippen molar-refractivity contribution in [3.05, 3.63) is 59.7 Å². The van der Waals surface area contributed by atoms with E-state index in [-0.39, 0.29) is 18.1 Å². The minimum Gasteiger partial charge on any atom is -0.350 e. The summed E-state index contributed by atoms with van der Waals surface area (Å²) in [5.74, 6) is 0.250. The quantitative estimate of drug-likeness (QED) is 0.786. The van der Waals surface area contributed by atoms with Crippen molar-refractivity contribution in [2.45, 2.75) is 28.9 Å². The molecule has 0 aromatic heterocycles. The molecule has 2 saturated heterocycles. The summed E-state index contributed by atoms with van der Waals surface area (Å²) in [6.07, 6.45) is 1.77. The molecule has 4 rings (SSSR count). The lowest BCUT2D eigenvalue weighted by atomic mass is 9.96.